The van der Waals surface area contributed by atoms with E-state index < -0.39 is 6.04 Å². The van der Waals surface area contributed by atoms with Crippen LogP contribution in [-0.2, 0) is 11.2 Å². The molecule has 0 radical (unpaired) electrons. The number of rotatable bonds is 3. The number of fused-ring (bicyclic) bond motifs is 1. The lowest BCUT2D eigenvalue weighted by Crippen LogP contribution is -2.49. The van der Waals surface area contributed by atoms with Gasteiger partial charge in [0.15, 0.2) is 0 Å². The zero-order valence-corrected chi connectivity index (χ0v) is 14.0. The highest BCUT2D eigenvalue weighted by Crippen LogP contribution is 2.33. The van der Waals surface area contributed by atoms with Crippen LogP contribution in [0.3, 0.4) is 0 Å². The van der Waals surface area contributed by atoms with Crippen LogP contribution >= 0.6 is 11.6 Å². The molecule has 1 aliphatic heterocycles. The monoisotopic (exact) mass is 343 g/mol. The first-order valence-electron chi connectivity index (χ1n) is 7.82. The van der Waals surface area contributed by atoms with Gasteiger partial charge in [-0.3, -0.25) is 9.69 Å². The zero-order chi connectivity index (χ0) is 17.1. The Morgan fingerprint density at radius 3 is 2.62 bits per heavy atom. The number of urea groups is 1. The molecule has 0 spiro atoms. The minimum absolute atomic E-state index is 0.164. The van der Waals surface area contributed by atoms with Gasteiger partial charge in [-0.1, -0.05) is 41.9 Å². The fourth-order valence-electron chi connectivity index (χ4n) is 2.88. The van der Waals surface area contributed by atoms with E-state index in [9.17, 15) is 9.59 Å². The second-order valence-electron chi connectivity index (χ2n) is 5.52. The van der Waals surface area contributed by atoms with Gasteiger partial charge in [-0.15, -0.1) is 0 Å². The first kappa shape index (κ1) is 16.3. The van der Waals surface area contributed by atoms with Crippen LogP contribution in [0.4, 0.5) is 16.2 Å². The van der Waals surface area contributed by atoms with Crippen molar-refractivity contribution in [2.45, 2.75) is 19.4 Å². The molecule has 2 aromatic rings. The Balaban J connectivity index is 1.90. The molecule has 1 aliphatic rings. The summed E-state index contributed by atoms with van der Waals surface area (Å²) in [6.07, 6.45) is 0.498. The molecule has 0 bridgehead atoms. The SMILES string of the molecule is CCNC(=O)C1Cc2ccccc2N1C(=O)Nc1ccccc1Cl. The van der Waals surface area contributed by atoms with E-state index in [1.807, 2.05) is 31.2 Å². The van der Waals surface area contributed by atoms with Crippen molar-refractivity contribution >= 4 is 34.9 Å². The molecule has 2 aromatic carbocycles. The Morgan fingerprint density at radius 1 is 1.17 bits per heavy atom. The van der Waals surface area contributed by atoms with Gasteiger partial charge in [-0.2, -0.15) is 0 Å². The third-order valence-electron chi connectivity index (χ3n) is 3.96. The maximum absolute atomic E-state index is 12.8. The van der Waals surface area contributed by atoms with Crippen LogP contribution in [0.15, 0.2) is 48.5 Å². The van der Waals surface area contributed by atoms with Gasteiger partial charge in [0, 0.05) is 18.7 Å². The molecule has 1 unspecified atom stereocenters. The Kier molecular flexibility index (Phi) is 4.71. The summed E-state index contributed by atoms with van der Waals surface area (Å²) in [7, 11) is 0. The van der Waals surface area contributed by atoms with Crippen LogP contribution < -0.4 is 15.5 Å². The molecule has 3 amide bonds. The van der Waals surface area contributed by atoms with Gasteiger partial charge < -0.3 is 10.6 Å². The second-order valence-corrected chi connectivity index (χ2v) is 5.93. The highest BCUT2D eigenvalue weighted by atomic mass is 35.5. The lowest BCUT2D eigenvalue weighted by atomic mass is 10.1. The number of benzene rings is 2. The molecule has 124 valence electrons. The number of amides is 3. The van der Waals surface area contributed by atoms with E-state index in [0.29, 0.717) is 23.7 Å². The van der Waals surface area contributed by atoms with E-state index in [1.54, 1.807) is 24.3 Å². The molecule has 0 fully saturated rings. The Morgan fingerprint density at radius 2 is 1.88 bits per heavy atom. The second kappa shape index (κ2) is 6.93. The molecule has 0 aliphatic carbocycles. The summed E-state index contributed by atoms with van der Waals surface area (Å²) < 4.78 is 0. The number of nitrogens with one attached hydrogen (secondary N) is 2. The maximum Gasteiger partial charge on any atom is 0.327 e. The van der Waals surface area contributed by atoms with E-state index in [2.05, 4.69) is 10.6 Å². The number of hydrogen-bond donors (Lipinski definition) is 2. The normalized spacial score (nSPS) is 15.8. The number of carbonyl (C=O) groups is 2. The van der Waals surface area contributed by atoms with Crippen molar-refractivity contribution in [3.05, 3.63) is 59.1 Å². The average Bonchev–Trinajstić information content (AvgIpc) is 2.97. The van der Waals surface area contributed by atoms with Crippen molar-refractivity contribution in [3.8, 4) is 0 Å². The van der Waals surface area contributed by atoms with Gasteiger partial charge in [-0.25, -0.2) is 4.79 Å². The van der Waals surface area contributed by atoms with Gasteiger partial charge in [0.2, 0.25) is 5.91 Å². The van der Waals surface area contributed by atoms with E-state index in [-0.39, 0.29) is 11.9 Å². The molecule has 1 atom stereocenters. The average molecular weight is 344 g/mol. The number of anilines is 2. The largest absolute Gasteiger partial charge is 0.355 e. The van der Waals surface area contributed by atoms with Crippen molar-refractivity contribution < 1.29 is 9.59 Å². The molecule has 1 heterocycles. The quantitative estimate of drug-likeness (QED) is 0.896. The van der Waals surface area contributed by atoms with E-state index in [1.165, 1.54) is 4.90 Å². The van der Waals surface area contributed by atoms with Gasteiger partial charge in [0.05, 0.1) is 10.7 Å². The number of para-hydroxylation sites is 2. The first-order chi connectivity index (χ1) is 11.6. The molecule has 5 nitrogen and oxygen atoms in total. The van der Waals surface area contributed by atoms with E-state index in [0.717, 1.165) is 11.3 Å². The van der Waals surface area contributed by atoms with Crippen LogP contribution in [0.1, 0.15) is 12.5 Å². The van der Waals surface area contributed by atoms with Gasteiger partial charge >= 0.3 is 6.03 Å². The number of likely N-dealkylation sites (N-methyl/N-ethyl adjacent to an activating group) is 1. The number of carbonyl (C=O) groups excluding carboxylic acids is 2. The van der Waals surface area contributed by atoms with Crippen LogP contribution in [-0.4, -0.2) is 24.5 Å². The molecule has 0 saturated heterocycles. The van der Waals surface area contributed by atoms with Crippen LogP contribution in [0.5, 0.6) is 0 Å². The molecule has 6 heteroatoms. The molecular weight excluding hydrogens is 326 g/mol. The van der Waals surface area contributed by atoms with Crippen molar-refractivity contribution in [1.29, 1.82) is 0 Å². The van der Waals surface area contributed by atoms with Crippen molar-refractivity contribution in [2.24, 2.45) is 0 Å². The molecular formula is C18H18ClN3O2. The third-order valence-corrected chi connectivity index (χ3v) is 4.29. The Bertz CT molecular complexity index is 778. The molecule has 24 heavy (non-hydrogen) atoms. The van der Waals surface area contributed by atoms with Gasteiger partial charge in [0.25, 0.3) is 0 Å². The Hall–Kier alpha value is -2.53. The predicted molar refractivity (Wildman–Crippen MR) is 95.6 cm³/mol. The summed E-state index contributed by atoms with van der Waals surface area (Å²) in [6.45, 7) is 2.37. The summed E-state index contributed by atoms with van der Waals surface area (Å²) >= 11 is 6.11. The molecule has 2 N–H and O–H groups in total. The number of nitrogens with zero attached hydrogens (tertiary/aromatic N) is 1. The fourth-order valence-corrected chi connectivity index (χ4v) is 3.06. The van der Waals surface area contributed by atoms with Gasteiger partial charge in [0.1, 0.15) is 6.04 Å². The summed E-state index contributed by atoms with van der Waals surface area (Å²) in [5.74, 6) is -0.164. The van der Waals surface area contributed by atoms with Crippen LogP contribution in [0.2, 0.25) is 5.02 Å². The lowest BCUT2D eigenvalue weighted by molar-refractivity contribution is -0.122. The number of halogens is 1. The molecule has 0 saturated carbocycles. The molecule has 3 rings (SSSR count). The fraction of sp³-hybridized carbons (Fsp3) is 0.222. The van der Waals surface area contributed by atoms with Gasteiger partial charge in [-0.05, 0) is 30.7 Å². The van der Waals surface area contributed by atoms with Crippen molar-refractivity contribution in [1.82, 2.24) is 5.32 Å². The van der Waals surface area contributed by atoms with E-state index >= 15 is 0 Å². The minimum atomic E-state index is -0.565. The Labute approximate surface area is 145 Å². The van der Waals surface area contributed by atoms with Crippen molar-refractivity contribution in [3.63, 3.8) is 0 Å². The summed E-state index contributed by atoms with van der Waals surface area (Å²) in [5.41, 5.74) is 2.24. The zero-order valence-electron chi connectivity index (χ0n) is 13.3. The van der Waals surface area contributed by atoms with Crippen molar-refractivity contribution in [2.75, 3.05) is 16.8 Å². The number of hydrogen-bond acceptors (Lipinski definition) is 2. The smallest absolute Gasteiger partial charge is 0.327 e. The maximum atomic E-state index is 12.8. The third kappa shape index (κ3) is 3.08. The van der Waals surface area contributed by atoms with Crippen LogP contribution in [0, 0.1) is 0 Å². The highest BCUT2D eigenvalue weighted by molar-refractivity contribution is 6.33. The highest BCUT2D eigenvalue weighted by Gasteiger charge is 2.38. The minimum Gasteiger partial charge on any atom is -0.355 e. The van der Waals surface area contributed by atoms with E-state index in [4.69, 9.17) is 11.6 Å². The topological polar surface area (TPSA) is 61.4 Å². The van der Waals surface area contributed by atoms with Crippen LogP contribution in [0.25, 0.3) is 0 Å². The summed E-state index contributed by atoms with van der Waals surface area (Å²) in [6, 6.07) is 13.6. The summed E-state index contributed by atoms with van der Waals surface area (Å²) in [5, 5.41) is 6.04. The first-order valence-corrected chi connectivity index (χ1v) is 8.20. The summed E-state index contributed by atoms with van der Waals surface area (Å²) in [4.78, 5) is 26.7. The standard InChI is InChI=1S/C18H18ClN3O2/c1-2-20-17(23)16-11-12-7-3-6-10-15(12)22(16)18(24)21-14-9-5-4-8-13(14)19/h3-10,16H,2,11H2,1H3,(H,20,23)(H,21,24). The lowest BCUT2D eigenvalue weighted by Gasteiger charge is -2.25. The molecule has 0 aromatic heterocycles. The predicted octanol–water partition coefficient (Wildman–Crippen LogP) is 3.44.